The van der Waals surface area contributed by atoms with Crippen LogP contribution in [0, 0.1) is 29.6 Å². The molecule has 0 spiro atoms. The van der Waals surface area contributed by atoms with E-state index in [4.69, 9.17) is 5.26 Å². The summed E-state index contributed by atoms with van der Waals surface area (Å²) in [6.45, 7) is 8.52. The van der Waals surface area contributed by atoms with Gasteiger partial charge >= 0.3 is 6.03 Å². The van der Waals surface area contributed by atoms with Gasteiger partial charge in [-0.1, -0.05) is 6.07 Å². The number of piperazine rings is 1. The maximum Gasteiger partial charge on any atom is 0.320 e. The van der Waals surface area contributed by atoms with Gasteiger partial charge in [0.05, 0.1) is 23.3 Å². The molecule has 2 aliphatic rings. The molecule has 3 amide bonds. The summed E-state index contributed by atoms with van der Waals surface area (Å²) in [4.78, 5) is 31.9. The molecule has 2 heterocycles. The van der Waals surface area contributed by atoms with E-state index in [1.807, 2.05) is 28.9 Å². The van der Waals surface area contributed by atoms with E-state index < -0.39 is 0 Å². The zero-order valence-corrected chi connectivity index (χ0v) is 20.3. The number of anilines is 1. The van der Waals surface area contributed by atoms with Crippen LogP contribution < -0.4 is 5.32 Å². The first-order valence-electron chi connectivity index (χ1n) is 12.0. The standard InChI is InChI=1S/C27H30N6O2/c1-19-17-31(10-11-33(19)27(35)32-8-3-4-9-32)18-24-13-22(16-29)14-25(20(24)2)30-26(34)23-7-5-6-21(12-23)15-28/h5-7,12-14,19H,3-4,8-11,17-18H2,1-2H3,(H,30,34)/t19-/m0/s1. The lowest BCUT2D eigenvalue weighted by Gasteiger charge is -2.41. The number of nitrogens with one attached hydrogen (secondary N) is 1. The van der Waals surface area contributed by atoms with Gasteiger partial charge in [0.25, 0.3) is 5.91 Å². The first-order valence-corrected chi connectivity index (χ1v) is 12.0. The molecule has 0 bridgehead atoms. The number of amides is 3. The zero-order valence-electron chi connectivity index (χ0n) is 20.3. The fourth-order valence-electron chi connectivity index (χ4n) is 4.85. The van der Waals surface area contributed by atoms with E-state index >= 15 is 0 Å². The highest BCUT2D eigenvalue weighted by molar-refractivity contribution is 6.05. The smallest absolute Gasteiger partial charge is 0.320 e. The van der Waals surface area contributed by atoms with Gasteiger partial charge in [-0.05, 0) is 68.1 Å². The van der Waals surface area contributed by atoms with E-state index in [1.54, 1.807) is 30.3 Å². The number of likely N-dealkylation sites (tertiary alicyclic amines) is 1. The highest BCUT2D eigenvalue weighted by atomic mass is 16.2. The van der Waals surface area contributed by atoms with Crippen LogP contribution in [0.25, 0.3) is 0 Å². The summed E-state index contributed by atoms with van der Waals surface area (Å²) in [7, 11) is 0. The molecule has 1 N–H and O–H groups in total. The number of nitrogens with zero attached hydrogens (tertiary/aromatic N) is 5. The number of rotatable bonds is 4. The first kappa shape index (κ1) is 24.3. The topological polar surface area (TPSA) is 103 Å². The van der Waals surface area contributed by atoms with E-state index in [-0.39, 0.29) is 18.0 Å². The predicted octanol–water partition coefficient (Wildman–Crippen LogP) is 3.71. The van der Waals surface area contributed by atoms with Crippen molar-refractivity contribution in [3.8, 4) is 12.1 Å². The molecule has 0 aromatic heterocycles. The Hall–Kier alpha value is -3.88. The van der Waals surface area contributed by atoms with Gasteiger partial charge in [-0.2, -0.15) is 10.5 Å². The predicted molar refractivity (Wildman–Crippen MR) is 133 cm³/mol. The highest BCUT2D eigenvalue weighted by Crippen LogP contribution is 2.25. The van der Waals surface area contributed by atoms with Crippen LogP contribution in [0.5, 0.6) is 0 Å². The number of nitriles is 2. The lowest BCUT2D eigenvalue weighted by atomic mass is 10.0. The van der Waals surface area contributed by atoms with Gasteiger partial charge in [0.15, 0.2) is 0 Å². The van der Waals surface area contributed by atoms with Crippen molar-refractivity contribution in [1.82, 2.24) is 14.7 Å². The Labute approximate surface area is 206 Å². The lowest BCUT2D eigenvalue weighted by molar-refractivity contribution is 0.0814. The van der Waals surface area contributed by atoms with E-state index in [2.05, 4.69) is 23.2 Å². The molecule has 35 heavy (non-hydrogen) atoms. The minimum Gasteiger partial charge on any atom is -0.325 e. The average Bonchev–Trinajstić information content (AvgIpc) is 3.41. The molecule has 2 aliphatic heterocycles. The summed E-state index contributed by atoms with van der Waals surface area (Å²) in [5.41, 5.74) is 3.73. The van der Waals surface area contributed by atoms with Crippen molar-refractivity contribution in [3.63, 3.8) is 0 Å². The molecular formula is C27H30N6O2. The fourth-order valence-corrected chi connectivity index (χ4v) is 4.85. The summed E-state index contributed by atoms with van der Waals surface area (Å²) in [5.74, 6) is -0.325. The number of carbonyl (C=O) groups is 2. The van der Waals surface area contributed by atoms with E-state index in [0.29, 0.717) is 35.5 Å². The molecular weight excluding hydrogens is 440 g/mol. The second-order valence-corrected chi connectivity index (χ2v) is 9.32. The van der Waals surface area contributed by atoms with Crippen LogP contribution in [0.4, 0.5) is 10.5 Å². The van der Waals surface area contributed by atoms with Crippen LogP contribution in [0.1, 0.15) is 52.4 Å². The Morgan fingerprint density at radius 2 is 1.77 bits per heavy atom. The van der Waals surface area contributed by atoms with Crippen molar-refractivity contribution in [1.29, 1.82) is 10.5 Å². The molecule has 180 valence electrons. The molecule has 8 nitrogen and oxygen atoms in total. The van der Waals surface area contributed by atoms with Crippen molar-refractivity contribution in [2.24, 2.45) is 0 Å². The fraction of sp³-hybridized carbons (Fsp3) is 0.407. The zero-order chi connectivity index (χ0) is 24.9. The number of urea groups is 1. The van der Waals surface area contributed by atoms with Gasteiger partial charge in [0, 0.05) is 56.6 Å². The Kier molecular flexibility index (Phi) is 7.33. The Bertz CT molecular complexity index is 1210. The summed E-state index contributed by atoms with van der Waals surface area (Å²) in [6.07, 6.45) is 2.16. The van der Waals surface area contributed by atoms with Crippen molar-refractivity contribution in [3.05, 3.63) is 64.2 Å². The van der Waals surface area contributed by atoms with Crippen molar-refractivity contribution in [2.45, 2.75) is 39.3 Å². The van der Waals surface area contributed by atoms with Crippen LogP contribution in [0.15, 0.2) is 36.4 Å². The molecule has 8 heteroatoms. The van der Waals surface area contributed by atoms with E-state index in [9.17, 15) is 14.9 Å². The third-order valence-corrected chi connectivity index (χ3v) is 6.87. The molecule has 2 saturated heterocycles. The third kappa shape index (κ3) is 5.45. The third-order valence-electron chi connectivity index (χ3n) is 6.87. The van der Waals surface area contributed by atoms with Crippen LogP contribution in [0.3, 0.4) is 0 Å². The highest BCUT2D eigenvalue weighted by Gasteiger charge is 2.31. The molecule has 2 fully saturated rings. The SMILES string of the molecule is Cc1c(CN2CCN(C(=O)N3CCCC3)[C@@H](C)C2)cc(C#N)cc1NC(=O)c1cccc(C#N)c1. The number of hydrogen-bond acceptors (Lipinski definition) is 5. The molecule has 0 aliphatic carbocycles. The van der Waals surface area contributed by atoms with Gasteiger partial charge in [-0.3, -0.25) is 9.69 Å². The second-order valence-electron chi connectivity index (χ2n) is 9.32. The van der Waals surface area contributed by atoms with Crippen LogP contribution in [-0.4, -0.2) is 65.4 Å². The molecule has 1 atom stereocenters. The quantitative estimate of drug-likeness (QED) is 0.734. The maximum atomic E-state index is 12.9. The lowest BCUT2D eigenvalue weighted by Crippen LogP contribution is -2.56. The number of carbonyl (C=O) groups excluding carboxylic acids is 2. The first-order chi connectivity index (χ1) is 16.9. The number of benzene rings is 2. The van der Waals surface area contributed by atoms with Gasteiger partial charge < -0.3 is 15.1 Å². The average molecular weight is 471 g/mol. The Morgan fingerprint density at radius 1 is 1.03 bits per heavy atom. The van der Waals surface area contributed by atoms with Gasteiger partial charge in [-0.15, -0.1) is 0 Å². The van der Waals surface area contributed by atoms with Gasteiger partial charge in [0.1, 0.15) is 0 Å². The second kappa shape index (κ2) is 10.6. The molecule has 0 radical (unpaired) electrons. The normalized spacial score (nSPS) is 18.1. The summed E-state index contributed by atoms with van der Waals surface area (Å²) < 4.78 is 0. The summed E-state index contributed by atoms with van der Waals surface area (Å²) in [6, 6.07) is 14.6. The molecule has 0 unspecified atom stereocenters. The summed E-state index contributed by atoms with van der Waals surface area (Å²) in [5, 5.41) is 21.6. The van der Waals surface area contributed by atoms with E-state index in [0.717, 1.165) is 50.1 Å². The summed E-state index contributed by atoms with van der Waals surface area (Å²) >= 11 is 0. The monoisotopic (exact) mass is 470 g/mol. The molecule has 0 saturated carbocycles. The maximum absolute atomic E-state index is 12.9. The van der Waals surface area contributed by atoms with Gasteiger partial charge in [0.2, 0.25) is 0 Å². The van der Waals surface area contributed by atoms with Crippen molar-refractivity contribution >= 4 is 17.6 Å². The minimum absolute atomic E-state index is 0.0999. The number of hydrogen-bond donors (Lipinski definition) is 1. The Balaban J connectivity index is 1.47. The van der Waals surface area contributed by atoms with Crippen LogP contribution >= 0.6 is 0 Å². The van der Waals surface area contributed by atoms with Crippen LogP contribution in [-0.2, 0) is 6.54 Å². The van der Waals surface area contributed by atoms with E-state index in [1.165, 1.54) is 0 Å². The largest absolute Gasteiger partial charge is 0.325 e. The van der Waals surface area contributed by atoms with Crippen LogP contribution in [0.2, 0.25) is 0 Å². The van der Waals surface area contributed by atoms with Gasteiger partial charge in [-0.25, -0.2) is 4.79 Å². The van der Waals surface area contributed by atoms with Crippen molar-refractivity contribution in [2.75, 3.05) is 38.0 Å². The van der Waals surface area contributed by atoms with Crippen molar-refractivity contribution < 1.29 is 9.59 Å². The molecule has 2 aromatic rings. The minimum atomic E-state index is -0.325. The molecule has 2 aromatic carbocycles. The molecule has 4 rings (SSSR count). The Morgan fingerprint density at radius 3 is 2.46 bits per heavy atom.